The van der Waals surface area contributed by atoms with Gasteiger partial charge in [0.2, 0.25) is 5.91 Å². The number of para-hydroxylation sites is 2. The molecule has 5 heteroatoms. The zero-order valence-electron chi connectivity index (χ0n) is 14.2. The van der Waals surface area contributed by atoms with Gasteiger partial charge < -0.3 is 15.1 Å². The molecule has 2 aromatic carbocycles. The molecule has 0 atom stereocenters. The predicted octanol–water partition coefficient (Wildman–Crippen LogP) is 3.13. The maximum absolute atomic E-state index is 12.4. The average molecular weight is 335 g/mol. The van der Waals surface area contributed by atoms with Gasteiger partial charge in [-0.15, -0.1) is 0 Å². The highest BCUT2D eigenvalue weighted by atomic mass is 16.2. The van der Waals surface area contributed by atoms with Gasteiger partial charge in [-0.2, -0.15) is 0 Å². The van der Waals surface area contributed by atoms with E-state index in [9.17, 15) is 9.59 Å². The van der Waals surface area contributed by atoms with E-state index in [-0.39, 0.29) is 17.4 Å². The van der Waals surface area contributed by atoms with Gasteiger partial charge >= 0.3 is 6.03 Å². The van der Waals surface area contributed by atoms with E-state index in [1.165, 1.54) is 5.56 Å². The van der Waals surface area contributed by atoms with Crippen LogP contribution >= 0.6 is 0 Å². The molecule has 0 unspecified atom stereocenters. The Balaban J connectivity index is 1.47. The summed E-state index contributed by atoms with van der Waals surface area (Å²) in [6, 6.07) is 17.5. The average Bonchev–Trinajstić information content (AvgIpc) is 2.59. The van der Waals surface area contributed by atoms with Gasteiger partial charge in [0.15, 0.2) is 0 Å². The highest BCUT2D eigenvalue weighted by Crippen LogP contribution is 2.42. The number of amides is 3. The van der Waals surface area contributed by atoms with Crippen LogP contribution in [-0.4, -0.2) is 36.5 Å². The first-order valence-electron chi connectivity index (χ1n) is 8.53. The Hall–Kier alpha value is -2.82. The van der Waals surface area contributed by atoms with Gasteiger partial charge in [0, 0.05) is 43.3 Å². The number of benzene rings is 2. The molecule has 2 aromatic rings. The first kappa shape index (κ1) is 15.7. The molecule has 2 aliphatic rings. The number of carbonyl (C=O) groups excluding carboxylic acids is 2. The quantitative estimate of drug-likeness (QED) is 0.870. The minimum absolute atomic E-state index is 0.0337. The van der Waals surface area contributed by atoms with Crippen molar-refractivity contribution in [2.24, 2.45) is 5.41 Å². The molecule has 0 aromatic heterocycles. The van der Waals surface area contributed by atoms with E-state index in [2.05, 4.69) is 11.4 Å². The molecule has 0 saturated carbocycles. The number of nitrogens with one attached hydrogen (secondary N) is 1. The van der Waals surface area contributed by atoms with Crippen molar-refractivity contribution in [2.75, 3.05) is 29.9 Å². The molecule has 3 amide bonds. The second kappa shape index (κ2) is 5.92. The van der Waals surface area contributed by atoms with Gasteiger partial charge in [-0.25, -0.2) is 4.79 Å². The first-order chi connectivity index (χ1) is 12.1. The molecule has 2 aliphatic heterocycles. The number of urea groups is 1. The third kappa shape index (κ3) is 2.86. The maximum atomic E-state index is 12.4. The second-order valence-corrected chi connectivity index (χ2v) is 7.06. The van der Waals surface area contributed by atoms with Crippen LogP contribution in [0.15, 0.2) is 54.6 Å². The van der Waals surface area contributed by atoms with E-state index in [0.29, 0.717) is 19.6 Å². The van der Waals surface area contributed by atoms with E-state index in [4.69, 9.17) is 0 Å². The molecule has 5 nitrogen and oxygen atoms in total. The van der Waals surface area contributed by atoms with E-state index in [0.717, 1.165) is 17.8 Å². The summed E-state index contributed by atoms with van der Waals surface area (Å²) in [7, 11) is 0. The van der Waals surface area contributed by atoms with Crippen LogP contribution < -0.4 is 10.2 Å². The summed E-state index contributed by atoms with van der Waals surface area (Å²) in [6.45, 7) is 3.62. The Kier molecular flexibility index (Phi) is 3.71. The lowest BCUT2D eigenvalue weighted by Gasteiger charge is -2.54. The molecule has 128 valence electrons. The summed E-state index contributed by atoms with van der Waals surface area (Å²) in [5, 5.41) is 2.93. The summed E-state index contributed by atoms with van der Waals surface area (Å²) >= 11 is 0. The molecular formula is C20H21N3O2. The Morgan fingerprint density at radius 2 is 1.64 bits per heavy atom. The molecule has 1 spiro atoms. The molecule has 0 bridgehead atoms. The van der Waals surface area contributed by atoms with Gasteiger partial charge in [0.1, 0.15) is 0 Å². The molecule has 4 rings (SSSR count). The molecular weight excluding hydrogens is 314 g/mol. The Labute approximate surface area is 147 Å². The lowest BCUT2D eigenvalue weighted by atomic mass is 9.71. The fourth-order valence-electron chi connectivity index (χ4n) is 3.93. The summed E-state index contributed by atoms with van der Waals surface area (Å²) in [5.41, 5.74) is 2.96. The summed E-state index contributed by atoms with van der Waals surface area (Å²) in [4.78, 5) is 28.2. The Morgan fingerprint density at radius 1 is 0.960 bits per heavy atom. The van der Waals surface area contributed by atoms with Crippen molar-refractivity contribution >= 4 is 23.3 Å². The van der Waals surface area contributed by atoms with Crippen LogP contribution in [0.1, 0.15) is 12.5 Å². The number of rotatable bonds is 1. The van der Waals surface area contributed by atoms with Crippen LogP contribution in [0.2, 0.25) is 0 Å². The molecule has 25 heavy (non-hydrogen) atoms. The zero-order chi connectivity index (χ0) is 17.4. The van der Waals surface area contributed by atoms with Crippen LogP contribution in [0.5, 0.6) is 0 Å². The predicted molar refractivity (Wildman–Crippen MR) is 97.6 cm³/mol. The normalized spacial score (nSPS) is 17.6. The van der Waals surface area contributed by atoms with E-state index >= 15 is 0 Å². The molecule has 0 aliphatic carbocycles. The van der Waals surface area contributed by atoms with Crippen LogP contribution in [0, 0.1) is 5.41 Å². The fourth-order valence-corrected chi connectivity index (χ4v) is 3.93. The smallest absolute Gasteiger partial charge is 0.321 e. The van der Waals surface area contributed by atoms with Crippen molar-refractivity contribution in [1.29, 1.82) is 0 Å². The number of likely N-dealkylation sites (tertiary alicyclic amines) is 1. The second-order valence-electron chi connectivity index (χ2n) is 7.06. The minimum Gasteiger partial charge on any atom is -0.323 e. The van der Waals surface area contributed by atoms with Gasteiger partial charge in [0.05, 0.1) is 0 Å². The number of anilines is 2. The van der Waals surface area contributed by atoms with Crippen molar-refractivity contribution in [3.63, 3.8) is 0 Å². The van der Waals surface area contributed by atoms with Gasteiger partial charge in [0.25, 0.3) is 0 Å². The standard InChI is InChI=1S/C20H21N3O2/c1-15(24)23-14-20(11-16-7-5-6-10-18(16)23)12-22(13-20)19(25)21-17-8-3-2-4-9-17/h2-10H,11-14H2,1H3,(H,21,25). The number of hydrogen-bond donors (Lipinski definition) is 1. The van der Waals surface area contributed by atoms with Crippen LogP contribution in [0.25, 0.3) is 0 Å². The number of hydrogen-bond acceptors (Lipinski definition) is 2. The maximum Gasteiger partial charge on any atom is 0.321 e. The fraction of sp³-hybridized carbons (Fsp3) is 0.300. The van der Waals surface area contributed by atoms with E-state index in [1.54, 1.807) is 6.92 Å². The van der Waals surface area contributed by atoms with Crippen molar-refractivity contribution in [2.45, 2.75) is 13.3 Å². The largest absolute Gasteiger partial charge is 0.323 e. The summed E-state index contributed by atoms with van der Waals surface area (Å²) in [6.07, 6.45) is 0.905. The van der Waals surface area contributed by atoms with Gasteiger partial charge in [-0.3, -0.25) is 4.79 Å². The summed E-state index contributed by atoms with van der Waals surface area (Å²) < 4.78 is 0. The van der Waals surface area contributed by atoms with Crippen molar-refractivity contribution < 1.29 is 9.59 Å². The highest BCUT2D eigenvalue weighted by molar-refractivity contribution is 5.93. The van der Waals surface area contributed by atoms with E-state index in [1.807, 2.05) is 58.3 Å². The third-order valence-electron chi connectivity index (χ3n) is 5.09. The van der Waals surface area contributed by atoms with Crippen molar-refractivity contribution in [3.05, 3.63) is 60.2 Å². The lowest BCUT2D eigenvalue weighted by molar-refractivity contribution is -0.117. The van der Waals surface area contributed by atoms with Crippen LogP contribution in [0.4, 0.5) is 16.2 Å². The topological polar surface area (TPSA) is 52.7 Å². The third-order valence-corrected chi connectivity index (χ3v) is 5.09. The van der Waals surface area contributed by atoms with Gasteiger partial charge in [-0.1, -0.05) is 36.4 Å². The monoisotopic (exact) mass is 335 g/mol. The number of carbonyl (C=O) groups is 2. The molecule has 1 fully saturated rings. The van der Waals surface area contributed by atoms with E-state index < -0.39 is 0 Å². The molecule has 1 N–H and O–H groups in total. The molecule has 0 radical (unpaired) electrons. The minimum atomic E-state index is -0.0786. The highest BCUT2D eigenvalue weighted by Gasteiger charge is 2.49. The first-order valence-corrected chi connectivity index (χ1v) is 8.53. The molecule has 1 saturated heterocycles. The summed E-state index contributed by atoms with van der Waals surface area (Å²) in [5.74, 6) is 0.0544. The van der Waals surface area contributed by atoms with Gasteiger partial charge in [-0.05, 0) is 30.2 Å². The lowest BCUT2D eigenvalue weighted by Crippen LogP contribution is -2.66. The Morgan fingerprint density at radius 3 is 2.36 bits per heavy atom. The SMILES string of the molecule is CC(=O)N1CC2(Cc3ccccc31)CN(C(=O)Nc1ccccc1)C2. The van der Waals surface area contributed by atoms with Crippen LogP contribution in [-0.2, 0) is 11.2 Å². The Bertz CT molecular complexity index is 813. The zero-order valence-corrected chi connectivity index (χ0v) is 14.2. The molecule has 2 heterocycles. The number of fused-ring (bicyclic) bond motifs is 1. The number of nitrogens with zero attached hydrogens (tertiary/aromatic N) is 2. The van der Waals surface area contributed by atoms with Crippen molar-refractivity contribution in [1.82, 2.24) is 4.90 Å². The van der Waals surface area contributed by atoms with Crippen molar-refractivity contribution in [3.8, 4) is 0 Å². The van der Waals surface area contributed by atoms with Crippen LogP contribution in [0.3, 0.4) is 0 Å².